The van der Waals surface area contributed by atoms with Crippen molar-refractivity contribution < 1.29 is 5.11 Å². The van der Waals surface area contributed by atoms with Crippen LogP contribution in [0.1, 0.15) is 31.5 Å². The summed E-state index contributed by atoms with van der Waals surface area (Å²) in [4.78, 5) is 9.23. The standard InChI is InChI=1S/C15H21N3OS/c19-9-4-8-18-14(11-12-5-1-2-10-20-12)17-13-6-3-7-16-15(13)18/h3,6-7,12,19H,1-2,4-5,8-11H2. The number of aryl methyl sites for hydroxylation is 1. The molecular formula is C15H21N3OS. The second-order valence-corrected chi connectivity index (χ2v) is 6.70. The van der Waals surface area contributed by atoms with Gasteiger partial charge in [0.05, 0.1) is 0 Å². The predicted octanol–water partition coefficient (Wildman–Crippen LogP) is 2.64. The Bertz CT molecular complexity index is 563. The Balaban J connectivity index is 1.87. The Morgan fingerprint density at radius 3 is 3.15 bits per heavy atom. The van der Waals surface area contributed by atoms with Crippen LogP contribution in [0.4, 0.5) is 0 Å². The summed E-state index contributed by atoms with van der Waals surface area (Å²) in [5.74, 6) is 2.41. The number of aliphatic hydroxyl groups is 1. The molecule has 4 nitrogen and oxygen atoms in total. The van der Waals surface area contributed by atoms with Crippen LogP contribution in [0.2, 0.25) is 0 Å². The normalized spacial score (nSPS) is 19.6. The highest BCUT2D eigenvalue weighted by atomic mass is 32.2. The van der Waals surface area contributed by atoms with Gasteiger partial charge < -0.3 is 9.67 Å². The van der Waals surface area contributed by atoms with E-state index >= 15 is 0 Å². The van der Waals surface area contributed by atoms with Crippen LogP contribution in [-0.2, 0) is 13.0 Å². The van der Waals surface area contributed by atoms with Crippen LogP contribution in [0.25, 0.3) is 11.2 Å². The topological polar surface area (TPSA) is 50.9 Å². The second kappa shape index (κ2) is 6.59. The maximum atomic E-state index is 9.09. The van der Waals surface area contributed by atoms with Crippen molar-refractivity contribution in [1.29, 1.82) is 0 Å². The van der Waals surface area contributed by atoms with E-state index in [0.717, 1.165) is 36.4 Å². The molecule has 108 valence electrons. The molecule has 3 heterocycles. The van der Waals surface area contributed by atoms with E-state index in [-0.39, 0.29) is 6.61 Å². The first-order valence-electron chi connectivity index (χ1n) is 7.41. The van der Waals surface area contributed by atoms with E-state index in [1.54, 1.807) is 0 Å². The monoisotopic (exact) mass is 291 g/mol. The van der Waals surface area contributed by atoms with Crippen LogP contribution in [0.15, 0.2) is 18.3 Å². The Morgan fingerprint density at radius 1 is 1.40 bits per heavy atom. The fourth-order valence-corrected chi connectivity index (χ4v) is 4.10. The average molecular weight is 291 g/mol. The fourth-order valence-electron chi connectivity index (χ4n) is 2.80. The number of fused-ring (bicyclic) bond motifs is 1. The van der Waals surface area contributed by atoms with Crippen molar-refractivity contribution in [3.63, 3.8) is 0 Å². The van der Waals surface area contributed by atoms with Crippen LogP contribution in [0, 0.1) is 0 Å². The summed E-state index contributed by atoms with van der Waals surface area (Å²) in [6.45, 7) is 1.01. The van der Waals surface area contributed by atoms with Crippen LogP contribution in [-0.4, -0.2) is 37.3 Å². The van der Waals surface area contributed by atoms with Crippen molar-refractivity contribution in [3.8, 4) is 0 Å². The van der Waals surface area contributed by atoms with Crippen LogP contribution in [0.5, 0.6) is 0 Å². The molecule has 1 fully saturated rings. The second-order valence-electron chi connectivity index (χ2n) is 5.30. The Morgan fingerprint density at radius 2 is 2.35 bits per heavy atom. The van der Waals surface area contributed by atoms with Gasteiger partial charge in [0.1, 0.15) is 11.3 Å². The van der Waals surface area contributed by atoms with E-state index < -0.39 is 0 Å². The molecule has 0 amide bonds. The summed E-state index contributed by atoms with van der Waals surface area (Å²) in [6.07, 6.45) is 7.58. The molecule has 0 saturated carbocycles. The van der Waals surface area contributed by atoms with Crippen molar-refractivity contribution in [3.05, 3.63) is 24.2 Å². The van der Waals surface area contributed by atoms with Crippen molar-refractivity contribution in [2.75, 3.05) is 12.4 Å². The first-order chi connectivity index (χ1) is 9.88. The molecule has 0 radical (unpaired) electrons. The molecule has 0 spiro atoms. The summed E-state index contributed by atoms with van der Waals surface area (Å²) in [5, 5.41) is 9.78. The predicted molar refractivity (Wildman–Crippen MR) is 83.0 cm³/mol. The van der Waals surface area contributed by atoms with Gasteiger partial charge in [-0.2, -0.15) is 11.8 Å². The molecule has 1 N–H and O–H groups in total. The molecule has 20 heavy (non-hydrogen) atoms. The van der Waals surface area contributed by atoms with Gasteiger partial charge in [0.2, 0.25) is 0 Å². The van der Waals surface area contributed by atoms with Gasteiger partial charge >= 0.3 is 0 Å². The lowest BCUT2D eigenvalue weighted by atomic mass is 10.1. The Labute approximate surface area is 123 Å². The summed E-state index contributed by atoms with van der Waals surface area (Å²) in [5.41, 5.74) is 1.93. The zero-order valence-corrected chi connectivity index (χ0v) is 12.5. The smallest absolute Gasteiger partial charge is 0.159 e. The number of imidazole rings is 1. The highest BCUT2D eigenvalue weighted by Gasteiger charge is 2.19. The van der Waals surface area contributed by atoms with Crippen molar-refractivity contribution in [2.24, 2.45) is 0 Å². The van der Waals surface area contributed by atoms with E-state index in [1.165, 1.54) is 25.0 Å². The highest BCUT2D eigenvalue weighted by molar-refractivity contribution is 7.99. The molecule has 0 bridgehead atoms. The van der Waals surface area contributed by atoms with Crippen molar-refractivity contribution in [2.45, 2.75) is 43.9 Å². The largest absolute Gasteiger partial charge is 0.396 e. The molecule has 0 aliphatic carbocycles. The Kier molecular flexibility index (Phi) is 4.58. The van der Waals surface area contributed by atoms with Gasteiger partial charge in [-0.3, -0.25) is 0 Å². The number of aliphatic hydroxyl groups excluding tert-OH is 1. The summed E-state index contributed by atoms with van der Waals surface area (Å²) < 4.78 is 2.20. The van der Waals surface area contributed by atoms with Crippen molar-refractivity contribution in [1.82, 2.24) is 14.5 Å². The molecule has 5 heteroatoms. The molecular weight excluding hydrogens is 270 g/mol. The SMILES string of the molecule is OCCCn1c(CC2CCCCS2)nc2cccnc21. The lowest BCUT2D eigenvalue weighted by Crippen LogP contribution is -2.16. The van der Waals surface area contributed by atoms with E-state index in [1.807, 2.05) is 18.3 Å². The van der Waals surface area contributed by atoms with Crippen molar-refractivity contribution >= 4 is 22.9 Å². The third kappa shape index (κ3) is 2.99. The average Bonchev–Trinajstić information content (AvgIpc) is 2.83. The summed E-state index contributed by atoms with van der Waals surface area (Å²) >= 11 is 2.08. The number of pyridine rings is 1. The quantitative estimate of drug-likeness (QED) is 0.920. The number of rotatable bonds is 5. The van der Waals surface area contributed by atoms with E-state index in [9.17, 15) is 0 Å². The van der Waals surface area contributed by atoms with E-state index in [4.69, 9.17) is 10.1 Å². The van der Waals surface area contributed by atoms with Crippen LogP contribution in [0.3, 0.4) is 0 Å². The van der Waals surface area contributed by atoms with Crippen LogP contribution >= 0.6 is 11.8 Å². The zero-order valence-electron chi connectivity index (χ0n) is 11.7. The number of hydrogen-bond acceptors (Lipinski definition) is 4. The first-order valence-corrected chi connectivity index (χ1v) is 8.46. The van der Waals surface area contributed by atoms with Gasteiger partial charge in [-0.25, -0.2) is 9.97 Å². The van der Waals surface area contributed by atoms with Gasteiger partial charge in [0, 0.05) is 31.0 Å². The number of hydrogen-bond donors (Lipinski definition) is 1. The van der Waals surface area contributed by atoms with Gasteiger partial charge in [0.15, 0.2) is 5.65 Å². The summed E-state index contributed by atoms with van der Waals surface area (Å²) in [6, 6.07) is 3.96. The van der Waals surface area contributed by atoms with Gasteiger partial charge in [-0.05, 0) is 37.1 Å². The molecule has 3 rings (SSSR count). The molecule has 0 aromatic carbocycles. The van der Waals surface area contributed by atoms with Crippen LogP contribution < -0.4 is 0 Å². The lowest BCUT2D eigenvalue weighted by Gasteiger charge is -2.21. The molecule has 2 aromatic heterocycles. The zero-order chi connectivity index (χ0) is 13.8. The molecule has 1 aliphatic heterocycles. The maximum Gasteiger partial charge on any atom is 0.159 e. The molecule has 1 saturated heterocycles. The van der Waals surface area contributed by atoms with E-state index in [0.29, 0.717) is 5.25 Å². The first kappa shape index (κ1) is 13.9. The van der Waals surface area contributed by atoms with Gasteiger partial charge in [0.25, 0.3) is 0 Å². The van der Waals surface area contributed by atoms with Gasteiger partial charge in [-0.1, -0.05) is 6.42 Å². The molecule has 1 unspecified atom stereocenters. The third-order valence-corrected chi connectivity index (χ3v) is 5.21. The van der Waals surface area contributed by atoms with E-state index in [2.05, 4.69) is 21.3 Å². The minimum atomic E-state index is 0.212. The third-order valence-electron chi connectivity index (χ3n) is 3.81. The summed E-state index contributed by atoms with van der Waals surface area (Å²) in [7, 11) is 0. The minimum Gasteiger partial charge on any atom is -0.396 e. The van der Waals surface area contributed by atoms with Gasteiger partial charge in [-0.15, -0.1) is 0 Å². The lowest BCUT2D eigenvalue weighted by molar-refractivity contribution is 0.279. The minimum absolute atomic E-state index is 0.212. The number of nitrogens with zero attached hydrogens (tertiary/aromatic N) is 3. The molecule has 1 aliphatic rings. The number of aromatic nitrogens is 3. The maximum absolute atomic E-state index is 9.09. The number of thioether (sulfide) groups is 1. The fraction of sp³-hybridized carbons (Fsp3) is 0.600. The molecule has 2 aromatic rings. The highest BCUT2D eigenvalue weighted by Crippen LogP contribution is 2.28. The Hall–Kier alpha value is -1.07. The molecule has 1 atom stereocenters.